The Kier molecular flexibility index (Phi) is 2.31. The summed E-state index contributed by atoms with van der Waals surface area (Å²) in [5.74, 6) is 1.30. The van der Waals surface area contributed by atoms with Crippen molar-refractivity contribution >= 4 is 28.6 Å². The van der Waals surface area contributed by atoms with Crippen LogP contribution in [0.25, 0.3) is 0 Å². The molecular weight excluding hydrogens is 267 g/mol. The number of rotatable bonds is 0. The molecule has 2 rings (SSSR count). The van der Waals surface area contributed by atoms with E-state index >= 15 is 0 Å². The number of halogens is 1. The van der Waals surface area contributed by atoms with Crippen LogP contribution in [-0.2, 0) is 9.53 Å². The van der Waals surface area contributed by atoms with E-state index in [4.69, 9.17) is 4.74 Å². The number of fused-ring (bicyclic) bond motifs is 1. The lowest BCUT2D eigenvalue weighted by Gasteiger charge is -2.31. The van der Waals surface area contributed by atoms with Crippen molar-refractivity contribution in [3.05, 3.63) is 0 Å². The molecule has 0 amide bonds. The van der Waals surface area contributed by atoms with E-state index in [0.717, 1.165) is 5.92 Å². The van der Waals surface area contributed by atoms with Gasteiger partial charge in [-0.1, -0.05) is 29.5 Å². The Bertz CT molecular complexity index is 205. The van der Waals surface area contributed by atoms with Crippen molar-refractivity contribution in [1.29, 1.82) is 0 Å². The van der Waals surface area contributed by atoms with Crippen LogP contribution in [0.15, 0.2) is 0 Å². The molecule has 1 saturated carbocycles. The van der Waals surface area contributed by atoms with Gasteiger partial charge in [0.2, 0.25) is 0 Å². The monoisotopic (exact) mass is 280 g/mol. The Hall–Kier alpha value is 0.200. The molecule has 0 N–H and O–H groups in total. The lowest BCUT2D eigenvalue weighted by molar-refractivity contribution is -0.141. The van der Waals surface area contributed by atoms with Crippen molar-refractivity contribution in [2.24, 2.45) is 11.8 Å². The summed E-state index contributed by atoms with van der Waals surface area (Å²) < 4.78 is 5.82. The lowest BCUT2D eigenvalue weighted by Crippen LogP contribution is -2.34. The van der Waals surface area contributed by atoms with E-state index in [-0.39, 0.29) is 12.1 Å². The molecule has 4 atom stereocenters. The van der Waals surface area contributed by atoms with Gasteiger partial charge in [-0.05, 0) is 18.8 Å². The molecule has 68 valence electrons. The van der Waals surface area contributed by atoms with Gasteiger partial charge in [-0.3, -0.25) is 4.79 Å². The third-order valence-electron chi connectivity index (χ3n) is 2.85. The summed E-state index contributed by atoms with van der Waals surface area (Å²) in [6.45, 7) is 2.27. The minimum absolute atomic E-state index is 0.0146. The van der Waals surface area contributed by atoms with Crippen LogP contribution >= 0.6 is 22.6 Å². The van der Waals surface area contributed by atoms with E-state index in [9.17, 15) is 4.79 Å². The molecule has 1 aliphatic heterocycles. The highest BCUT2D eigenvalue weighted by atomic mass is 127. The van der Waals surface area contributed by atoms with Crippen LogP contribution in [0, 0.1) is 11.8 Å². The van der Waals surface area contributed by atoms with Crippen molar-refractivity contribution in [2.45, 2.75) is 36.2 Å². The molecule has 0 bridgehead atoms. The minimum Gasteiger partial charge on any atom is -0.461 e. The molecule has 0 aromatic carbocycles. The molecular formula is C9H13IO2. The predicted molar refractivity (Wildman–Crippen MR) is 54.2 cm³/mol. The van der Waals surface area contributed by atoms with Gasteiger partial charge in [-0.2, -0.15) is 0 Å². The van der Waals surface area contributed by atoms with Gasteiger partial charge >= 0.3 is 5.97 Å². The third kappa shape index (κ3) is 1.47. The smallest absolute Gasteiger partial charge is 0.306 e. The standard InChI is InChI=1S/C9H13IO2/c1-5-2-6-4-8(11)12-9(6)7(10)3-5/h5-7,9H,2-4H2,1H3. The van der Waals surface area contributed by atoms with E-state index in [0.29, 0.717) is 16.3 Å². The van der Waals surface area contributed by atoms with Crippen LogP contribution in [0.5, 0.6) is 0 Å². The Labute approximate surface area is 86.2 Å². The van der Waals surface area contributed by atoms with E-state index in [1.807, 2.05) is 0 Å². The van der Waals surface area contributed by atoms with Crippen LogP contribution in [0.4, 0.5) is 0 Å². The first-order chi connectivity index (χ1) is 5.66. The number of ether oxygens (including phenoxy) is 1. The molecule has 2 fully saturated rings. The van der Waals surface area contributed by atoms with Crippen LogP contribution in [-0.4, -0.2) is 16.0 Å². The first kappa shape index (κ1) is 8.78. The SMILES string of the molecule is CC1CC(I)C2OC(=O)CC2C1. The molecule has 0 aromatic heterocycles. The summed E-state index contributed by atoms with van der Waals surface area (Å²) in [5, 5.41) is 0. The average Bonchev–Trinajstić information content (AvgIpc) is 2.29. The number of hydrogen-bond donors (Lipinski definition) is 0. The van der Waals surface area contributed by atoms with Gasteiger partial charge in [-0.25, -0.2) is 0 Å². The molecule has 2 aliphatic rings. The Morgan fingerprint density at radius 2 is 2.25 bits per heavy atom. The van der Waals surface area contributed by atoms with Crippen molar-refractivity contribution in [2.75, 3.05) is 0 Å². The van der Waals surface area contributed by atoms with E-state index in [1.54, 1.807) is 0 Å². The summed E-state index contributed by atoms with van der Waals surface area (Å²) in [6.07, 6.45) is 3.27. The molecule has 2 nitrogen and oxygen atoms in total. The summed E-state index contributed by atoms with van der Waals surface area (Å²) >= 11 is 2.42. The van der Waals surface area contributed by atoms with E-state index in [1.165, 1.54) is 12.8 Å². The molecule has 0 radical (unpaired) electrons. The van der Waals surface area contributed by atoms with Crippen molar-refractivity contribution in [3.63, 3.8) is 0 Å². The van der Waals surface area contributed by atoms with Gasteiger partial charge in [-0.15, -0.1) is 0 Å². The molecule has 3 heteroatoms. The summed E-state index contributed by atoms with van der Waals surface area (Å²) in [6, 6.07) is 0. The molecule has 1 aliphatic carbocycles. The lowest BCUT2D eigenvalue weighted by atomic mass is 9.80. The minimum atomic E-state index is 0.0146. The molecule has 1 saturated heterocycles. The third-order valence-corrected chi connectivity index (χ3v) is 4.07. The van der Waals surface area contributed by atoms with E-state index < -0.39 is 0 Å². The summed E-state index contributed by atoms with van der Waals surface area (Å²) in [5.41, 5.74) is 0. The zero-order valence-electron chi connectivity index (χ0n) is 7.13. The maximum absolute atomic E-state index is 11.0. The maximum atomic E-state index is 11.0. The molecule has 1 heterocycles. The Morgan fingerprint density at radius 1 is 1.50 bits per heavy atom. The number of hydrogen-bond acceptors (Lipinski definition) is 2. The zero-order valence-corrected chi connectivity index (χ0v) is 9.28. The fourth-order valence-electron chi connectivity index (χ4n) is 2.34. The van der Waals surface area contributed by atoms with Gasteiger partial charge in [0.1, 0.15) is 6.10 Å². The van der Waals surface area contributed by atoms with E-state index in [2.05, 4.69) is 29.5 Å². The maximum Gasteiger partial charge on any atom is 0.306 e. The normalized spacial score (nSPS) is 47.0. The summed E-state index contributed by atoms with van der Waals surface area (Å²) in [7, 11) is 0. The van der Waals surface area contributed by atoms with Gasteiger partial charge in [0.05, 0.1) is 6.42 Å². The number of alkyl halides is 1. The quantitative estimate of drug-likeness (QED) is 0.386. The van der Waals surface area contributed by atoms with Crippen LogP contribution < -0.4 is 0 Å². The van der Waals surface area contributed by atoms with Crippen LogP contribution in [0.3, 0.4) is 0 Å². The van der Waals surface area contributed by atoms with Crippen molar-refractivity contribution in [3.8, 4) is 0 Å². The van der Waals surface area contributed by atoms with Crippen LogP contribution in [0.2, 0.25) is 0 Å². The highest BCUT2D eigenvalue weighted by molar-refractivity contribution is 14.1. The van der Waals surface area contributed by atoms with Crippen molar-refractivity contribution < 1.29 is 9.53 Å². The van der Waals surface area contributed by atoms with Crippen LogP contribution in [0.1, 0.15) is 26.2 Å². The molecule has 0 spiro atoms. The van der Waals surface area contributed by atoms with Gasteiger partial charge < -0.3 is 4.74 Å². The van der Waals surface area contributed by atoms with Gasteiger partial charge in [0.15, 0.2) is 0 Å². The highest BCUT2D eigenvalue weighted by Gasteiger charge is 2.43. The van der Waals surface area contributed by atoms with Gasteiger partial charge in [0, 0.05) is 9.84 Å². The molecule has 0 aromatic rings. The number of esters is 1. The molecule has 12 heavy (non-hydrogen) atoms. The molecule has 4 unspecified atom stereocenters. The second kappa shape index (κ2) is 3.16. The average molecular weight is 280 g/mol. The number of carbonyl (C=O) groups is 1. The van der Waals surface area contributed by atoms with Crippen molar-refractivity contribution in [1.82, 2.24) is 0 Å². The summed E-state index contributed by atoms with van der Waals surface area (Å²) in [4.78, 5) is 11.0. The second-order valence-electron chi connectivity index (χ2n) is 4.01. The largest absolute Gasteiger partial charge is 0.461 e. The highest BCUT2D eigenvalue weighted by Crippen LogP contribution is 2.40. The fourth-order valence-corrected chi connectivity index (χ4v) is 3.95. The Balaban J connectivity index is 2.10. The zero-order chi connectivity index (χ0) is 8.72. The topological polar surface area (TPSA) is 26.3 Å². The predicted octanol–water partition coefficient (Wildman–Crippen LogP) is 2.15. The second-order valence-corrected chi connectivity index (χ2v) is 5.61. The first-order valence-corrected chi connectivity index (χ1v) is 5.75. The van der Waals surface area contributed by atoms with Gasteiger partial charge in [0.25, 0.3) is 0 Å². The first-order valence-electron chi connectivity index (χ1n) is 4.50. The fraction of sp³-hybridized carbons (Fsp3) is 0.889. The Morgan fingerprint density at radius 3 is 3.00 bits per heavy atom. The number of carbonyl (C=O) groups excluding carboxylic acids is 1.